The van der Waals surface area contributed by atoms with E-state index in [2.05, 4.69) is 0 Å². The lowest BCUT2D eigenvalue weighted by Crippen LogP contribution is -2.63. The lowest BCUT2D eigenvalue weighted by molar-refractivity contribution is -0.306. The molecule has 3 aliphatic heterocycles. The van der Waals surface area contributed by atoms with E-state index >= 15 is 0 Å². The van der Waals surface area contributed by atoms with Crippen LogP contribution in [0.15, 0.2) is 36.0 Å². The summed E-state index contributed by atoms with van der Waals surface area (Å²) in [4.78, 5) is 53.5. The Morgan fingerprint density at radius 2 is 1.56 bits per heavy atom. The van der Waals surface area contributed by atoms with Crippen molar-refractivity contribution < 1.29 is 77.1 Å². The predicted molar refractivity (Wildman–Crippen MR) is 225 cm³/mol. The first kappa shape index (κ1) is 53.2. The SMILES string of the molecule is CCOC(=O)/C=C/C[C@H]1C[C@@H](C)C(=O)/C=C/C(C)=C/[C@H](CO[C@@H]2O[C@H](C)[C@@H](OC(C)=O)[C@@H](OC)[C@H]2OC)[C@@H](CC)OC(=O)C[C@@H](O)[C@H](C)[C@H]1O[C@H]1O[C@@H](C)[C@H](O)[C@@H](N(C)C)[C@@H]1O. The van der Waals surface area contributed by atoms with Crippen molar-refractivity contribution in [2.75, 3.05) is 41.5 Å². The summed E-state index contributed by atoms with van der Waals surface area (Å²) in [5, 5.41) is 34.2. The van der Waals surface area contributed by atoms with Crippen LogP contribution in [0.2, 0.25) is 0 Å². The van der Waals surface area contributed by atoms with Gasteiger partial charge < -0.3 is 62.9 Å². The fourth-order valence-corrected chi connectivity index (χ4v) is 8.50. The van der Waals surface area contributed by atoms with Gasteiger partial charge in [-0.1, -0.05) is 44.6 Å². The zero-order valence-corrected chi connectivity index (χ0v) is 38.5. The average molecular weight is 884 g/mol. The van der Waals surface area contributed by atoms with Crippen LogP contribution >= 0.6 is 0 Å². The summed E-state index contributed by atoms with van der Waals surface area (Å²) in [5.74, 6) is -4.44. The van der Waals surface area contributed by atoms with Crippen molar-refractivity contribution in [3.8, 4) is 0 Å². The van der Waals surface area contributed by atoms with Crippen molar-refractivity contribution >= 4 is 23.7 Å². The Labute approximate surface area is 367 Å². The highest BCUT2D eigenvalue weighted by Crippen LogP contribution is 2.35. The monoisotopic (exact) mass is 883 g/mol. The predicted octanol–water partition coefficient (Wildman–Crippen LogP) is 3.05. The molecule has 3 heterocycles. The molecule has 0 amide bonds. The molecule has 0 aromatic heterocycles. The molecule has 0 aromatic rings. The third kappa shape index (κ3) is 14.7. The smallest absolute Gasteiger partial charge is 0.330 e. The Hall–Kier alpha value is -3.10. The minimum absolute atomic E-state index is 0.0200. The number of allylic oxidation sites excluding steroid dienone is 4. The van der Waals surface area contributed by atoms with Crippen LogP contribution < -0.4 is 0 Å². The van der Waals surface area contributed by atoms with Gasteiger partial charge in [0.15, 0.2) is 24.5 Å². The molecule has 17 nitrogen and oxygen atoms in total. The van der Waals surface area contributed by atoms with Crippen molar-refractivity contribution in [1.29, 1.82) is 0 Å². The molecule has 17 atom stereocenters. The van der Waals surface area contributed by atoms with Crippen LogP contribution in [0.25, 0.3) is 0 Å². The summed E-state index contributed by atoms with van der Waals surface area (Å²) in [7, 11) is 6.38. The van der Waals surface area contributed by atoms with E-state index in [1.54, 1.807) is 65.8 Å². The molecule has 3 aliphatic rings. The Balaban J connectivity index is 2.02. The minimum atomic E-state index is -1.34. The number of aliphatic hydroxyl groups excluding tert-OH is 3. The summed E-state index contributed by atoms with van der Waals surface area (Å²) >= 11 is 0. The molecule has 354 valence electrons. The first-order chi connectivity index (χ1) is 29.3. The molecule has 0 bridgehead atoms. The number of nitrogens with zero attached hydrogens (tertiary/aromatic N) is 1. The quantitative estimate of drug-likeness (QED) is 0.130. The summed E-state index contributed by atoms with van der Waals surface area (Å²) in [5.41, 5.74) is 0.686. The van der Waals surface area contributed by atoms with Gasteiger partial charge in [-0.05, 0) is 73.0 Å². The van der Waals surface area contributed by atoms with E-state index in [0.717, 1.165) is 0 Å². The summed E-state index contributed by atoms with van der Waals surface area (Å²) in [6, 6.07) is -0.760. The maximum absolute atomic E-state index is 13.8. The molecule has 0 radical (unpaired) electrons. The van der Waals surface area contributed by atoms with Crippen molar-refractivity contribution in [2.45, 2.75) is 161 Å². The molecule has 0 aromatic carbocycles. The van der Waals surface area contributed by atoms with Gasteiger partial charge in [0, 0.05) is 45.0 Å². The van der Waals surface area contributed by atoms with Crippen molar-refractivity contribution in [1.82, 2.24) is 4.90 Å². The van der Waals surface area contributed by atoms with Crippen LogP contribution in [0.4, 0.5) is 0 Å². The molecule has 2 saturated heterocycles. The van der Waals surface area contributed by atoms with E-state index in [-0.39, 0.29) is 31.8 Å². The van der Waals surface area contributed by atoms with E-state index in [4.69, 9.17) is 42.6 Å². The number of hydrogen-bond acceptors (Lipinski definition) is 17. The third-order valence-electron chi connectivity index (χ3n) is 12.0. The third-order valence-corrected chi connectivity index (χ3v) is 12.0. The fourth-order valence-electron chi connectivity index (χ4n) is 8.50. The molecule has 17 heteroatoms. The Morgan fingerprint density at radius 1 is 0.903 bits per heavy atom. The van der Waals surface area contributed by atoms with E-state index in [1.165, 1.54) is 33.3 Å². The Morgan fingerprint density at radius 3 is 2.16 bits per heavy atom. The summed E-state index contributed by atoms with van der Waals surface area (Å²) in [6.07, 6.45) is -2.97. The lowest BCUT2D eigenvalue weighted by atomic mass is 9.79. The first-order valence-electron chi connectivity index (χ1n) is 21.7. The largest absolute Gasteiger partial charge is 0.463 e. The molecular formula is C45H73NO16. The van der Waals surface area contributed by atoms with Crippen LogP contribution in [0.1, 0.15) is 81.1 Å². The van der Waals surface area contributed by atoms with Gasteiger partial charge in [0.25, 0.3) is 0 Å². The maximum atomic E-state index is 13.8. The number of hydrogen-bond donors (Lipinski definition) is 3. The fraction of sp³-hybridized carbons (Fsp3) is 0.778. The zero-order valence-electron chi connectivity index (χ0n) is 38.5. The van der Waals surface area contributed by atoms with Crippen LogP contribution in [-0.2, 0) is 61.8 Å². The molecule has 2 fully saturated rings. The molecule has 0 aliphatic carbocycles. The normalized spacial score (nSPS) is 39.5. The molecular weight excluding hydrogens is 810 g/mol. The van der Waals surface area contributed by atoms with Crippen molar-refractivity contribution in [3.63, 3.8) is 0 Å². The van der Waals surface area contributed by atoms with Gasteiger partial charge in [0.1, 0.15) is 24.4 Å². The minimum Gasteiger partial charge on any atom is -0.463 e. The standard InChI is InChI=1S/C45H73NO16/c1-13-34-31(23-57-45-43(55-12)42(54-11)41(28(7)59-45)60-29(8)47)20-24(3)18-19-32(48)25(4)21-30(16-15-17-35(50)56-14-2)40(26(5)33(49)22-36(51)61-34)62-44-39(53)37(46(9)10)38(52)27(6)58-44/h15,17-20,25-28,30-31,33-34,37-45,49,52-53H,13-14,16,21-23H2,1-12H3/b17-15+,19-18+,24-20+/t25-,26+,27+,28-,30+,31-,33-,34-,37-,38+,39+,40-,41-,42-,43-,44-,45-/m1/s1. The van der Waals surface area contributed by atoms with E-state index in [1.807, 2.05) is 19.9 Å². The molecule has 62 heavy (non-hydrogen) atoms. The summed E-state index contributed by atoms with van der Waals surface area (Å²) < 4.78 is 53.2. The van der Waals surface area contributed by atoms with Gasteiger partial charge >= 0.3 is 17.9 Å². The molecule has 0 spiro atoms. The van der Waals surface area contributed by atoms with E-state index < -0.39 is 128 Å². The van der Waals surface area contributed by atoms with Crippen LogP contribution in [0.5, 0.6) is 0 Å². The molecule has 0 unspecified atom stereocenters. The van der Waals surface area contributed by atoms with Gasteiger partial charge in [-0.25, -0.2) is 4.79 Å². The number of rotatable bonds is 14. The van der Waals surface area contributed by atoms with E-state index in [0.29, 0.717) is 12.0 Å². The highest BCUT2D eigenvalue weighted by molar-refractivity contribution is 5.91. The number of aliphatic hydroxyl groups is 3. The van der Waals surface area contributed by atoms with Gasteiger partial charge in [-0.15, -0.1) is 0 Å². The second-order valence-corrected chi connectivity index (χ2v) is 16.9. The summed E-state index contributed by atoms with van der Waals surface area (Å²) in [6.45, 7) is 13.7. The molecule has 3 N–H and O–H groups in total. The second kappa shape index (κ2) is 25.4. The van der Waals surface area contributed by atoms with Crippen LogP contribution in [0.3, 0.4) is 0 Å². The van der Waals surface area contributed by atoms with E-state index in [9.17, 15) is 34.5 Å². The van der Waals surface area contributed by atoms with Gasteiger partial charge in [0.05, 0.1) is 56.2 Å². The van der Waals surface area contributed by atoms with Gasteiger partial charge in [-0.2, -0.15) is 0 Å². The highest BCUT2D eigenvalue weighted by Gasteiger charge is 2.49. The Bertz CT molecular complexity index is 1530. The first-order valence-corrected chi connectivity index (χ1v) is 21.7. The lowest BCUT2D eigenvalue weighted by Gasteiger charge is -2.46. The number of ketones is 1. The average Bonchev–Trinajstić information content (AvgIpc) is 3.20. The molecule has 0 saturated carbocycles. The number of carbonyl (C=O) groups excluding carboxylic acids is 4. The zero-order chi connectivity index (χ0) is 46.4. The Kier molecular flexibility index (Phi) is 21.8. The van der Waals surface area contributed by atoms with Gasteiger partial charge in [0.2, 0.25) is 0 Å². The van der Waals surface area contributed by atoms with Crippen molar-refractivity contribution in [3.05, 3.63) is 36.0 Å². The van der Waals surface area contributed by atoms with Crippen LogP contribution in [-0.4, -0.2) is 165 Å². The van der Waals surface area contributed by atoms with Crippen molar-refractivity contribution in [2.24, 2.45) is 23.7 Å². The second-order valence-electron chi connectivity index (χ2n) is 16.9. The number of likely N-dealkylation sites (N-methyl/N-ethyl adjacent to an activating group) is 1. The number of cyclic esters (lactones) is 1. The number of ether oxygens (including phenoxy) is 9. The van der Waals surface area contributed by atoms with Crippen LogP contribution in [0, 0.1) is 23.7 Å². The number of carbonyl (C=O) groups is 4. The maximum Gasteiger partial charge on any atom is 0.330 e. The molecule has 3 rings (SSSR count). The number of esters is 3. The number of methoxy groups -OCH3 is 2. The highest BCUT2D eigenvalue weighted by atomic mass is 16.7. The van der Waals surface area contributed by atoms with Gasteiger partial charge in [-0.3, -0.25) is 14.4 Å². The topological polar surface area (TPSA) is 215 Å².